The third-order valence-electron chi connectivity index (χ3n) is 5.84. The van der Waals surface area contributed by atoms with Crippen molar-refractivity contribution in [2.45, 2.75) is 63.2 Å². The van der Waals surface area contributed by atoms with Gasteiger partial charge in [-0.3, -0.25) is 9.59 Å². The van der Waals surface area contributed by atoms with Crippen molar-refractivity contribution in [1.82, 2.24) is 9.80 Å². The van der Waals surface area contributed by atoms with Gasteiger partial charge in [0, 0.05) is 37.4 Å². The summed E-state index contributed by atoms with van der Waals surface area (Å²) in [6, 6.07) is 9.58. The molecule has 0 saturated carbocycles. The van der Waals surface area contributed by atoms with Gasteiger partial charge < -0.3 is 9.80 Å². The predicted molar refractivity (Wildman–Crippen MR) is 112 cm³/mol. The van der Waals surface area contributed by atoms with E-state index in [0.717, 1.165) is 56.6 Å². The van der Waals surface area contributed by atoms with Crippen LogP contribution in [0, 0.1) is 0 Å². The van der Waals surface area contributed by atoms with Crippen molar-refractivity contribution in [2.75, 3.05) is 25.4 Å². The summed E-state index contributed by atoms with van der Waals surface area (Å²) in [6.45, 7) is 4.57. The minimum atomic E-state index is -0.120. The lowest BCUT2D eigenvalue weighted by Crippen LogP contribution is -2.53. The van der Waals surface area contributed by atoms with Crippen LogP contribution in [-0.2, 0) is 4.79 Å². The molecular weight excluding hydrogens is 356 g/mol. The number of unbranched alkanes of at least 4 members (excludes halogenated alkanes) is 4. The SMILES string of the molecule is CCCCCCCC(=O)N1CCC2(CC1)SCCN2C(=O)c1ccccc1. The van der Waals surface area contributed by atoms with Crippen molar-refractivity contribution in [2.24, 2.45) is 0 Å². The molecule has 0 radical (unpaired) electrons. The van der Waals surface area contributed by atoms with Gasteiger partial charge in [-0.1, -0.05) is 50.8 Å². The largest absolute Gasteiger partial charge is 0.342 e. The molecule has 2 fully saturated rings. The summed E-state index contributed by atoms with van der Waals surface area (Å²) in [4.78, 5) is 29.5. The summed E-state index contributed by atoms with van der Waals surface area (Å²) in [5.41, 5.74) is 0.768. The summed E-state index contributed by atoms with van der Waals surface area (Å²) in [6.07, 6.45) is 8.35. The zero-order chi connectivity index (χ0) is 19.1. The molecule has 2 aliphatic heterocycles. The van der Waals surface area contributed by atoms with Crippen molar-refractivity contribution in [3.63, 3.8) is 0 Å². The second kappa shape index (κ2) is 9.63. The molecule has 2 aliphatic rings. The molecular formula is C22H32N2O2S. The zero-order valence-electron chi connectivity index (χ0n) is 16.5. The Hall–Kier alpha value is -1.49. The minimum absolute atomic E-state index is 0.120. The lowest BCUT2D eigenvalue weighted by atomic mass is 10.00. The standard InChI is InChI=1S/C22H32N2O2S/c1-2-3-4-5-9-12-20(25)23-15-13-22(14-16-23)24(17-18-27-22)21(26)19-10-7-6-8-11-19/h6-8,10-11H,2-5,9,12-18H2,1H3. The highest BCUT2D eigenvalue weighted by Gasteiger charge is 2.46. The summed E-state index contributed by atoms with van der Waals surface area (Å²) in [5, 5.41) is 0. The molecule has 1 aromatic rings. The Morgan fingerprint density at radius 1 is 1.00 bits per heavy atom. The highest BCUT2D eigenvalue weighted by Crippen LogP contribution is 2.44. The molecule has 2 amide bonds. The van der Waals surface area contributed by atoms with E-state index in [1.54, 1.807) is 0 Å². The maximum Gasteiger partial charge on any atom is 0.254 e. The van der Waals surface area contributed by atoms with Crippen LogP contribution in [0.2, 0.25) is 0 Å². The van der Waals surface area contributed by atoms with Crippen molar-refractivity contribution in [3.8, 4) is 0 Å². The lowest BCUT2D eigenvalue weighted by molar-refractivity contribution is -0.132. The van der Waals surface area contributed by atoms with Crippen molar-refractivity contribution < 1.29 is 9.59 Å². The maximum atomic E-state index is 13.0. The quantitative estimate of drug-likeness (QED) is 0.643. The van der Waals surface area contributed by atoms with Gasteiger partial charge in [0.15, 0.2) is 0 Å². The Morgan fingerprint density at radius 2 is 1.70 bits per heavy atom. The molecule has 4 nitrogen and oxygen atoms in total. The first-order chi connectivity index (χ1) is 13.2. The molecule has 3 rings (SSSR count). The first kappa shape index (κ1) is 20.2. The van der Waals surface area contributed by atoms with Crippen molar-refractivity contribution in [3.05, 3.63) is 35.9 Å². The van der Waals surface area contributed by atoms with Gasteiger partial charge in [-0.15, -0.1) is 11.8 Å². The number of amides is 2. The van der Waals surface area contributed by atoms with Crippen LogP contribution >= 0.6 is 11.8 Å². The van der Waals surface area contributed by atoms with Gasteiger partial charge in [0.2, 0.25) is 5.91 Å². The Bertz CT molecular complexity index is 626. The number of hydrogen-bond donors (Lipinski definition) is 0. The van der Waals surface area contributed by atoms with E-state index in [9.17, 15) is 9.59 Å². The maximum absolute atomic E-state index is 13.0. The molecule has 148 valence electrons. The molecule has 1 aromatic carbocycles. The molecule has 0 aliphatic carbocycles. The van der Waals surface area contributed by atoms with E-state index < -0.39 is 0 Å². The average Bonchev–Trinajstić information content (AvgIpc) is 3.11. The summed E-state index contributed by atoms with van der Waals surface area (Å²) >= 11 is 1.90. The van der Waals surface area contributed by atoms with Gasteiger partial charge in [0.25, 0.3) is 5.91 Å². The molecule has 27 heavy (non-hydrogen) atoms. The van der Waals surface area contributed by atoms with E-state index in [-0.39, 0.29) is 10.8 Å². The molecule has 0 atom stereocenters. The molecule has 0 bridgehead atoms. The number of carbonyl (C=O) groups is 2. The fourth-order valence-electron chi connectivity index (χ4n) is 4.19. The minimum Gasteiger partial charge on any atom is -0.342 e. The molecule has 0 aromatic heterocycles. The number of carbonyl (C=O) groups excluding carboxylic acids is 2. The van der Waals surface area contributed by atoms with Crippen LogP contribution in [0.25, 0.3) is 0 Å². The first-order valence-electron chi connectivity index (χ1n) is 10.4. The van der Waals surface area contributed by atoms with Crippen molar-refractivity contribution in [1.29, 1.82) is 0 Å². The smallest absolute Gasteiger partial charge is 0.254 e. The monoisotopic (exact) mass is 388 g/mol. The summed E-state index contributed by atoms with van der Waals surface area (Å²) in [7, 11) is 0. The molecule has 2 heterocycles. The van der Waals surface area contributed by atoms with Crippen LogP contribution in [0.3, 0.4) is 0 Å². The summed E-state index contributed by atoms with van der Waals surface area (Å²) in [5.74, 6) is 1.42. The van der Waals surface area contributed by atoms with Crippen LogP contribution in [0.15, 0.2) is 30.3 Å². The van der Waals surface area contributed by atoms with Gasteiger partial charge in [0.05, 0.1) is 4.87 Å². The van der Waals surface area contributed by atoms with Crippen LogP contribution in [-0.4, -0.2) is 51.9 Å². The average molecular weight is 389 g/mol. The van der Waals surface area contributed by atoms with Gasteiger partial charge >= 0.3 is 0 Å². The highest BCUT2D eigenvalue weighted by atomic mass is 32.2. The summed E-state index contributed by atoms with van der Waals surface area (Å²) < 4.78 is 0. The second-order valence-corrected chi connectivity index (χ2v) is 9.12. The highest BCUT2D eigenvalue weighted by molar-refractivity contribution is 8.00. The Kier molecular flexibility index (Phi) is 7.22. The van der Waals surface area contributed by atoms with Crippen molar-refractivity contribution >= 4 is 23.6 Å². The number of thioether (sulfide) groups is 1. The van der Waals surface area contributed by atoms with E-state index in [2.05, 4.69) is 11.8 Å². The topological polar surface area (TPSA) is 40.6 Å². The van der Waals surface area contributed by atoms with E-state index in [1.165, 1.54) is 19.3 Å². The van der Waals surface area contributed by atoms with Crippen LogP contribution in [0.5, 0.6) is 0 Å². The van der Waals surface area contributed by atoms with E-state index in [0.29, 0.717) is 12.3 Å². The number of likely N-dealkylation sites (tertiary alicyclic amines) is 1. The van der Waals surface area contributed by atoms with Crippen LogP contribution in [0.1, 0.15) is 68.6 Å². The number of nitrogens with zero attached hydrogens (tertiary/aromatic N) is 2. The molecule has 0 N–H and O–H groups in total. The van der Waals surface area contributed by atoms with Crippen LogP contribution < -0.4 is 0 Å². The Labute approximate surface area is 167 Å². The van der Waals surface area contributed by atoms with Gasteiger partial charge in [-0.05, 0) is 31.4 Å². The number of piperidine rings is 1. The number of rotatable bonds is 7. The molecule has 0 unspecified atom stereocenters. The molecule has 1 spiro atoms. The lowest BCUT2D eigenvalue weighted by Gasteiger charge is -2.44. The van der Waals surface area contributed by atoms with Gasteiger partial charge in [-0.25, -0.2) is 0 Å². The normalized spacial score (nSPS) is 18.9. The fraction of sp³-hybridized carbons (Fsp3) is 0.636. The first-order valence-corrected chi connectivity index (χ1v) is 11.4. The van der Waals surface area contributed by atoms with E-state index in [1.807, 2.05) is 47.0 Å². The number of benzene rings is 1. The third-order valence-corrected chi connectivity index (χ3v) is 7.39. The number of hydrogen-bond acceptors (Lipinski definition) is 3. The fourth-order valence-corrected chi connectivity index (χ4v) is 5.64. The van der Waals surface area contributed by atoms with Gasteiger partial charge in [0.1, 0.15) is 0 Å². The predicted octanol–water partition coefficient (Wildman–Crippen LogP) is 4.55. The molecule has 2 saturated heterocycles. The zero-order valence-corrected chi connectivity index (χ0v) is 17.3. The van der Waals surface area contributed by atoms with Gasteiger partial charge in [-0.2, -0.15) is 0 Å². The third kappa shape index (κ3) is 4.87. The van der Waals surface area contributed by atoms with E-state index in [4.69, 9.17) is 0 Å². The van der Waals surface area contributed by atoms with Crippen LogP contribution in [0.4, 0.5) is 0 Å². The Morgan fingerprint density at radius 3 is 2.41 bits per heavy atom. The second-order valence-electron chi connectivity index (χ2n) is 7.66. The Balaban J connectivity index is 1.52. The van der Waals surface area contributed by atoms with E-state index >= 15 is 0 Å². The molecule has 5 heteroatoms.